The van der Waals surface area contributed by atoms with E-state index in [1.54, 1.807) is 0 Å². The molecular weight excluding hydrogens is 757 g/mol. The molecule has 0 saturated heterocycles. The monoisotopic (exact) mass is 792 g/mol. The Hall–Kier alpha value is -8.15. The van der Waals surface area contributed by atoms with Crippen molar-refractivity contribution in [3.05, 3.63) is 211 Å². The summed E-state index contributed by atoms with van der Waals surface area (Å²) in [6.07, 6.45) is 1.49. The van der Waals surface area contributed by atoms with Gasteiger partial charge in [0.25, 0.3) is 0 Å². The SMILES string of the molecule is c1ccc(-c2cccc(-c3nc(C4=C(n5c6ccccc6c6cc7ccccc7cc65)c5oc6ccccc6c5CC4)nc(-c4cc5ccccc5c5ccccc45)n3)c2)cc1. The first-order valence-electron chi connectivity index (χ1n) is 21.2. The Labute approximate surface area is 356 Å². The molecule has 290 valence electrons. The molecule has 0 unspecified atom stereocenters. The lowest BCUT2D eigenvalue weighted by Crippen LogP contribution is -2.12. The molecule has 5 nitrogen and oxygen atoms in total. The Balaban J connectivity index is 1.15. The average molecular weight is 793 g/mol. The van der Waals surface area contributed by atoms with Crippen LogP contribution < -0.4 is 0 Å². The first-order chi connectivity index (χ1) is 30.7. The summed E-state index contributed by atoms with van der Waals surface area (Å²) >= 11 is 0. The number of hydrogen-bond acceptors (Lipinski definition) is 4. The number of furan rings is 1. The lowest BCUT2D eigenvalue weighted by molar-refractivity contribution is 0.586. The summed E-state index contributed by atoms with van der Waals surface area (Å²) in [6.45, 7) is 0. The van der Waals surface area contributed by atoms with E-state index in [2.05, 4.69) is 193 Å². The van der Waals surface area contributed by atoms with Gasteiger partial charge in [-0.15, -0.1) is 0 Å². The highest BCUT2D eigenvalue weighted by atomic mass is 16.3. The van der Waals surface area contributed by atoms with Crippen molar-refractivity contribution in [3.8, 4) is 33.9 Å². The van der Waals surface area contributed by atoms with E-state index in [0.717, 1.165) is 83.9 Å². The highest BCUT2D eigenvalue weighted by molar-refractivity contribution is 6.17. The summed E-state index contributed by atoms with van der Waals surface area (Å²) in [4.78, 5) is 16.4. The number of nitrogens with zero attached hydrogens (tertiary/aromatic N) is 4. The molecule has 0 N–H and O–H groups in total. The summed E-state index contributed by atoms with van der Waals surface area (Å²) in [7, 11) is 0. The summed E-state index contributed by atoms with van der Waals surface area (Å²) in [5.41, 5.74) is 10.4. The summed E-state index contributed by atoms with van der Waals surface area (Å²) in [5.74, 6) is 2.75. The quantitative estimate of drug-likeness (QED) is 0.163. The van der Waals surface area contributed by atoms with Gasteiger partial charge >= 0.3 is 0 Å². The first kappa shape index (κ1) is 34.7. The van der Waals surface area contributed by atoms with Crippen molar-refractivity contribution in [2.75, 3.05) is 0 Å². The van der Waals surface area contributed by atoms with Crippen molar-refractivity contribution < 1.29 is 4.42 Å². The maximum atomic E-state index is 7.01. The van der Waals surface area contributed by atoms with Gasteiger partial charge in [-0.05, 0) is 92.7 Å². The van der Waals surface area contributed by atoms with E-state index in [-0.39, 0.29) is 0 Å². The van der Waals surface area contributed by atoms with Crippen molar-refractivity contribution in [1.29, 1.82) is 0 Å². The molecule has 0 radical (unpaired) electrons. The number of rotatable bonds is 5. The number of fused-ring (bicyclic) bond motifs is 10. The highest BCUT2D eigenvalue weighted by Crippen LogP contribution is 2.46. The Kier molecular flexibility index (Phi) is 7.66. The van der Waals surface area contributed by atoms with E-state index in [1.165, 1.54) is 32.5 Å². The molecule has 0 aliphatic heterocycles. The van der Waals surface area contributed by atoms with Crippen LogP contribution in [0.3, 0.4) is 0 Å². The molecular formula is C57H36N4O. The van der Waals surface area contributed by atoms with Crippen molar-refractivity contribution >= 4 is 76.4 Å². The third kappa shape index (κ3) is 5.38. The predicted octanol–water partition coefficient (Wildman–Crippen LogP) is 14.5. The van der Waals surface area contributed by atoms with Gasteiger partial charge in [-0.1, -0.05) is 158 Å². The topological polar surface area (TPSA) is 56.7 Å². The van der Waals surface area contributed by atoms with Gasteiger partial charge in [0, 0.05) is 38.4 Å². The van der Waals surface area contributed by atoms with Gasteiger partial charge in [0.2, 0.25) is 0 Å². The van der Waals surface area contributed by atoms with E-state index < -0.39 is 0 Å². The van der Waals surface area contributed by atoms with E-state index >= 15 is 0 Å². The normalized spacial score (nSPS) is 13.0. The minimum Gasteiger partial charge on any atom is -0.454 e. The van der Waals surface area contributed by atoms with Gasteiger partial charge in [-0.3, -0.25) is 0 Å². The molecule has 13 rings (SSSR count). The second-order valence-electron chi connectivity index (χ2n) is 16.2. The van der Waals surface area contributed by atoms with Crippen LogP contribution in [-0.2, 0) is 6.42 Å². The van der Waals surface area contributed by atoms with Crippen LogP contribution in [0.25, 0.3) is 110 Å². The Bertz CT molecular complexity index is 3820. The summed E-state index contributed by atoms with van der Waals surface area (Å²) in [5, 5.41) is 10.5. The van der Waals surface area contributed by atoms with Crippen molar-refractivity contribution in [1.82, 2.24) is 19.5 Å². The van der Waals surface area contributed by atoms with E-state index in [1.807, 2.05) is 6.07 Å². The van der Waals surface area contributed by atoms with Crippen LogP contribution in [0.1, 0.15) is 23.6 Å². The van der Waals surface area contributed by atoms with Gasteiger partial charge in [-0.25, -0.2) is 15.0 Å². The Morgan fingerprint density at radius 3 is 1.87 bits per heavy atom. The molecule has 0 atom stereocenters. The number of para-hydroxylation sites is 2. The minimum atomic E-state index is 0.621. The van der Waals surface area contributed by atoms with Gasteiger partial charge in [0.1, 0.15) is 5.58 Å². The van der Waals surface area contributed by atoms with Crippen molar-refractivity contribution in [3.63, 3.8) is 0 Å². The standard InChI is InChI=1S/C57H36N4O/c1-2-15-35(16-3-1)36-20-14-21-40(31-36)55-58-56(60-57(59-55)49-33-39-19-6-7-22-41(39)42-23-8-9-24-43(42)49)47-30-29-46-45-26-11-13-28-52(45)62-54(46)53(47)61-50-27-12-10-25-44(50)48-32-37-17-4-5-18-38(37)34-51(48)61/h1-28,31-34H,29-30H2. The number of aromatic nitrogens is 4. The second kappa shape index (κ2) is 13.7. The van der Waals surface area contributed by atoms with Crippen LogP contribution in [-0.4, -0.2) is 19.5 Å². The molecule has 0 amide bonds. The third-order valence-electron chi connectivity index (χ3n) is 12.7. The highest BCUT2D eigenvalue weighted by Gasteiger charge is 2.32. The maximum absolute atomic E-state index is 7.01. The fourth-order valence-electron chi connectivity index (χ4n) is 9.86. The fraction of sp³-hybridized carbons (Fsp3) is 0.0351. The van der Waals surface area contributed by atoms with Crippen molar-refractivity contribution in [2.24, 2.45) is 0 Å². The molecule has 0 bridgehead atoms. The second-order valence-corrected chi connectivity index (χ2v) is 16.2. The molecule has 62 heavy (non-hydrogen) atoms. The first-order valence-corrected chi connectivity index (χ1v) is 21.2. The molecule has 0 saturated carbocycles. The smallest absolute Gasteiger partial charge is 0.164 e. The maximum Gasteiger partial charge on any atom is 0.164 e. The van der Waals surface area contributed by atoms with Crippen LogP contribution in [0.15, 0.2) is 199 Å². The minimum absolute atomic E-state index is 0.621. The van der Waals surface area contributed by atoms with Gasteiger partial charge < -0.3 is 8.98 Å². The average Bonchev–Trinajstić information content (AvgIpc) is 3.88. The Morgan fingerprint density at radius 2 is 1.02 bits per heavy atom. The zero-order valence-electron chi connectivity index (χ0n) is 33.6. The lowest BCUT2D eigenvalue weighted by Gasteiger charge is -2.22. The molecule has 5 heteroatoms. The molecule has 12 aromatic rings. The third-order valence-corrected chi connectivity index (χ3v) is 12.7. The van der Waals surface area contributed by atoms with Crippen LogP contribution in [0, 0.1) is 0 Å². The summed E-state index contributed by atoms with van der Waals surface area (Å²) < 4.78 is 9.43. The van der Waals surface area contributed by atoms with Gasteiger partial charge in [0.05, 0.1) is 16.7 Å². The molecule has 3 aromatic heterocycles. The van der Waals surface area contributed by atoms with Crippen LogP contribution in [0.4, 0.5) is 0 Å². The van der Waals surface area contributed by atoms with Crippen LogP contribution >= 0.6 is 0 Å². The largest absolute Gasteiger partial charge is 0.454 e. The number of aryl methyl sites for hydroxylation is 1. The lowest BCUT2D eigenvalue weighted by atomic mass is 9.91. The van der Waals surface area contributed by atoms with E-state index in [4.69, 9.17) is 19.4 Å². The van der Waals surface area contributed by atoms with Crippen LogP contribution in [0.2, 0.25) is 0 Å². The summed E-state index contributed by atoms with van der Waals surface area (Å²) in [6, 6.07) is 68.8. The van der Waals surface area contributed by atoms with E-state index in [9.17, 15) is 0 Å². The predicted molar refractivity (Wildman–Crippen MR) is 255 cm³/mol. The zero-order chi connectivity index (χ0) is 40.7. The molecule has 1 aliphatic carbocycles. The van der Waals surface area contributed by atoms with E-state index in [0.29, 0.717) is 23.9 Å². The van der Waals surface area contributed by atoms with Crippen molar-refractivity contribution in [2.45, 2.75) is 12.8 Å². The van der Waals surface area contributed by atoms with Gasteiger partial charge in [-0.2, -0.15) is 0 Å². The zero-order valence-corrected chi connectivity index (χ0v) is 33.6. The fourth-order valence-corrected chi connectivity index (χ4v) is 9.86. The number of allylic oxidation sites excluding steroid dienone is 1. The molecule has 3 heterocycles. The van der Waals surface area contributed by atoms with Gasteiger partial charge in [0.15, 0.2) is 23.2 Å². The number of hydrogen-bond donors (Lipinski definition) is 0. The molecule has 9 aromatic carbocycles. The molecule has 0 fully saturated rings. The molecule has 1 aliphatic rings. The number of benzene rings is 9. The van der Waals surface area contributed by atoms with Crippen LogP contribution in [0.5, 0.6) is 0 Å². The Morgan fingerprint density at radius 1 is 0.387 bits per heavy atom. The molecule has 0 spiro atoms.